The summed E-state index contributed by atoms with van der Waals surface area (Å²) in [5.74, 6) is -2.07. The van der Waals surface area contributed by atoms with Crippen molar-refractivity contribution in [2.24, 2.45) is 11.3 Å². The fourth-order valence-electron chi connectivity index (χ4n) is 1.76. The number of benzene rings is 1. The fraction of sp³-hybridized carbons (Fsp3) is 0.462. The van der Waals surface area contributed by atoms with Gasteiger partial charge in [0.1, 0.15) is 0 Å². The van der Waals surface area contributed by atoms with Gasteiger partial charge >= 0.3 is 11.7 Å². The summed E-state index contributed by atoms with van der Waals surface area (Å²) in [5, 5.41) is 19.8. The van der Waals surface area contributed by atoms with Crippen molar-refractivity contribution in [3.63, 3.8) is 0 Å². The number of hydrogen-bond donors (Lipinski definition) is 1. The molecule has 1 aromatic carbocycles. The minimum absolute atomic E-state index is 0.120. The van der Waals surface area contributed by atoms with Crippen molar-refractivity contribution in [3.8, 4) is 0 Å². The highest BCUT2D eigenvalue weighted by molar-refractivity contribution is 5.75. The number of carboxylic acid groups (broad SMARTS) is 1. The van der Waals surface area contributed by atoms with Crippen LogP contribution in [0.15, 0.2) is 18.2 Å². The van der Waals surface area contributed by atoms with Crippen molar-refractivity contribution in [1.29, 1.82) is 0 Å². The van der Waals surface area contributed by atoms with E-state index in [1.807, 2.05) is 0 Å². The molecule has 0 aliphatic heterocycles. The molecule has 0 amide bonds. The van der Waals surface area contributed by atoms with Crippen LogP contribution in [0.2, 0.25) is 0 Å². The monoisotopic (exact) mass is 269 g/mol. The molecule has 0 bridgehead atoms. The maximum atomic E-state index is 13.5. The Labute approximate surface area is 110 Å². The number of halogens is 1. The molecular weight excluding hydrogens is 253 g/mol. The van der Waals surface area contributed by atoms with Gasteiger partial charge in [-0.15, -0.1) is 0 Å². The van der Waals surface area contributed by atoms with E-state index in [0.717, 1.165) is 12.1 Å². The van der Waals surface area contributed by atoms with Crippen LogP contribution in [-0.2, 0) is 11.2 Å². The summed E-state index contributed by atoms with van der Waals surface area (Å²) in [7, 11) is 0. The number of nitro benzene ring substituents is 1. The van der Waals surface area contributed by atoms with Gasteiger partial charge < -0.3 is 5.11 Å². The molecule has 0 fully saturated rings. The Morgan fingerprint density at radius 2 is 2.11 bits per heavy atom. The van der Waals surface area contributed by atoms with Crippen molar-refractivity contribution in [1.82, 2.24) is 0 Å². The zero-order valence-corrected chi connectivity index (χ0v) is 11.0. The summed E-state index contributed by atoms with van der Waals surface area (Å²) in [6, 6.07) is 3.49. The Kier molecular flexibility index (Phi) is 4.24. The Morgan fingerprint density at radius 3 is 2.47 bits per heavy atom. The molecular formula is C13H16FNO4. The van der Waals surface area contributed by atoms with Crippen LogP contribution in [0.1, 0.15) is 26.3 Å². The SMILES string of the molecule is CC(C)C(C)(Cc1ccc([N+](=O)[O-])c(F)c1)C(=O)O. The van der Waals surface area contributed by atoms with E-state index in [1.54, 1.807) is 20.8 Å². The van der Waals surface area contributed by atoms with Gasteiger partial charge in [-0.1, -0.05) is 19.9 Å². The normalized spacial score (nSPS) is 14.2. The Morgan fingerprint density at radius 1 is 1.53 bits per heavy atom. The lowest BCUT2D eigenvalue weighted by Gasteiger charge is -2.29. The number of nitrogens with zero attached hydrogens (tertiary/aromatic N) is 1. The van der Waals surface area contributed by atoms with Gasteiger partial charge in [0, 0.05) is 6.07 Å². The number of carbonyl (C=O) groups is 1. The molecule has 0 saturated carbocycles. The Hall–Kier alpha value is -1.98. The van der Waals surface area contributed by atoms with Crippen LogP contribution in [0, 0.1) is 27.3 Å². The molecule has 0 aliphatic rings. The van der Waals surface area contributed by atoms with E-state index in [4.69, 9.17) is 0 Å². The predicted octanol–water partition coefficient (Wildman–Crippen LogP) is 3.02. The average molecular weight is 269 g/mol. The van der Waals surface area contributed by atoms with Crippen LogP contribution in [0.5, 0.6) is 0 Å². The first kappa shape index (κ1) is 15.1. The molecule has 19 heavy (non-hydrogen) atoms. The third kappa shape index (κ3) is 3.07. The highest BCUT2D eigenvalue weighted by Gasteiger charge is 2.37. The fourth-order valence-corrected chi connectivity index (χ4v) is 1.76. The molecule has 6 heteroatoms. The maximum absolute atomic E-state index is 13.5. The number of nitro groups is 1. The molecule has 0 radical (unpaired) electrons. The van der Waals surface area contributed by atoms with E-state index in [-0.39, 0.29) is 12.3 Å². The van der Waals surface area contributed by atoms with Gasteiger partial charge in [0.15, 0.2) is 0 Å². The average Bonchev–Trinajstić information content (AvgIpc) is 2.27. The zero-order valence-electron chi connectivity index (χ0n) is 11.0. The molecule has 0 aromatic heterocycles. The van der Waals surface area contributed by atoms with E-state index >= 15 is 0 Å². The summed E-state index contributed by atoms with van der Waals surface area (Å²) < 4.78 is 13.5. The summed E-state index contributed by atoms with van der Waals surface area (Å²) in [6.45, 7) is 5.13. The molecule has 0 aliphatic carbocycles. The minimum Gasteiger partial charge on any atom is -0.481 e. The van der Waals surface area contributed by atoms with Crippen LogP contribution >= 0.6 is 0 Å². The van der Waals surface area contributed by atoms with Crippen LogP contribution in [0.4, 0.5) is 10.1 Å². The van der Waals surface area contributed by atoms with E-state index < -0.39 is 27.8 Å². The standard InChI is InChI=1S/C13H16FNO4/c1-8(2)13(3,12(16)17)7-9-4-5-11(15(18)19)10(14)6-9/h4-6,8H,7H2,1-3H3,(H,16,17). The lowest BCUT2D eigenvalue weighted by molar-refractivity contribution is -0.387. The molecule has 1 atom stereocenters. The van der Waals surface area contributed by atoms with Gasteiger partial charge in [0.2, 0.25) is 5.82 Å². The van der Waals surface area contributed by atoms with Gasteiger partial charge in [-0.05, 0) is 30.9 Å². The predicted molar refractivity (Wildman–Crippen MR) is 67.3 cm³/mol. The summed E-state index contributed by atoms with van der Waals surface area (Å²) in [5.41, 5.74) is -1.21. The summed E-state index contributed by atoms with van der Waals surface area (Å²) in [6.07, 6.45) is 0.120. The second-order valence-corrected chi connectivity index (χ2v) is 5.10. The van der Waals surface area contributed by atoms with Crippen LogP contribution in [0.25, 0.3) is 0 Å². The topological polar surface area (TPSA) is 80.4 Å². The minimum atomic E-state index is -1.04. The molecule has 1 unspecified atom stereocenters. The van der Waals surface area contributed by atoms with Crippen LogP contribution in [-0.4, -0.2) is 16.0 Å². The van der Waals surface area contributed by atoms with Gasteiger partial charge in [-0.3, -0.25) is 14.9 Å². The molecule has 1 aromatic rings. The van der Waals surface area contributed by atoms with Gasteiger partial charge in [0.05, 0.1) is 10.3 Å². The van der Waals surface area contributed by atoms with Crippen molar-refractivity contribution in [2.75, 3.05) is 0 Å². The largest absolute Gasteiger partial charge is 0.481 e. The number of hydrogen-bond acceptors (Lipinski definition) is 3. The van der Waals surface area contributed by atoms with E-state index in [9.17, 15) is 24.4 Å². The van der Waals surface area contributed by atoms with Crippen LogP contribution in [0.3, 0.4) is 0 Å². The first-order valence-electron chi connectivity index (χ1n) is 5.84. The maximum Gasteiger partial charge on any atom is 0.309 e. The van der Waals surface area contributed by atoms with Crippen molar-refractivity contribution in [2.45, 2.75) is 27.2 Å². The molecule has 1 N–H and O–H groups in total. The van der Waals surface area contributed by atoms with E-state index in [1.165, 1.54) is 6.07 Å². The van der Waals surface area contributed by atoms with Crippen molar-refractivity contribution >= 4 is 11.7 Å². The highest BCUT2D eigenvalue weighted by Crippen LogP contribution is 2.32. The number of aliphatic carboxylic acids is 1. The first-order chi connectivity index (χ1) is 8.68. The molecule has 0 saturated heterocycles. The Bertz CT molecular complexity index is 515. The molecule has 0 spiro atoms. The molecule has 104 valence electrons. The smallest absolute Gasteiger partial charge is 0.309 e. The van der Waals surface area contributed by atoms with Gasteiger partial charge in [-0.2, -0.15) is 4.39 Å². The van der Waals surface area contributed by atoms with E-state index in [0.29, 0.717) is 5.56 Å². The zero-order chi connectivity index (χ0) is 14.8. The molecule has 5 nitrogen and oxygen atoms in total. The third-order valence-electron chi connectivity index (χ3n) is 3.54. The van der Waals surface area contributed by atoms with Crippen molar-refractivity contribution in [3.05, 3.63) is 39.7 Å². The second kappa shape index (κ2) is 5.34. The lowest BCUT2D eigenvalue weighted by Crippen LogP contribution is -2.35. The third-order valence-corrected chi connectivity index (χ3v) is 3.54. The lowest BCUT2D eigenvalue weighted by atomic mass is 9.74. The van der Waals surface area contributed by atoms with Crippen LogP contribution < -0.4 is 0 Å². The number of rotatable bonds is 5. The van der Waals surface area contributed by atoms with Gasteiger partial charge in [-0.25, -0.2) is 0 Å². The van der Waals surface area contributed by atoms with Crippen molar-refractivity contribution < 1.29 is 19.2 Å². The second-order valence-electron chi connectivity index (χ2n) is 5.10. The number of carboxylic acids is 1. The molecule has 0 heterocycles. The summed E-state index contributed by atoms with van der Waals surface area (Å²) in [4.78, 5) is 21.0. The summed E-state index contributed by atoms with van der Waals surface area (Å²) >= 11 is 0. The Balaban J connectivity index is 3.09. The van der Waals surface area contributed by atoms with E-state index in [2.05, 4.69) is 0 Å². The quantitative estimate of drug-likeness (QED) is 0.658. The highest BCUT2D eigenvalue weighted by atomic mass is 19.1. The van der Waals surface area contributed by atoms with Gasteiger partial charge in [0.25, 0.3) is 0 Å². The first-order valence-corrected chi connectivity index (χ1v) is 5.84. The molecule has 1 rings (SSSR count).